The number of nitriles is 1. The minimum Gasteiger partial charge on any atom is -0.351 e. The SMILES string of the molecule is [CH2]CCN(C#N)C(N)=O. The lowest BCUT2D eigenvalue weighted by molar-refractivity contribution is 0.227. The van der Waals surface area contributed by atoms with Crippen LogP contribution in [0.2, 0.25) is 0 Å². The van der Waals surface area contributed by atoms with Crippen molar-refractivity contribution in [3.63, 3.8) is 0 Å². The Kier molecular flexibility index (Phi) is 3.21. The fourth-order valence-electron chi connectivity index (χ4n) is 0.368. The lowest BCUT2D eigenvalue weighted by Crippen LogP contribution is -2.31. The van der Waals surface area contributed by atoms with Crippen molar-refractivity contribution >= 4 is 6.03 Å². The largest absolute Gasteiger partial charge is 0.351 e. The van der Waals surface area contributed by atoms with E-state index in [1.807, 2.05) is 0 Å². The first-order chi connectivity index (χ1) is 4.22. The Balaban J connectivity index is 3.72. The lowest BCUT2D eigenvalue weighted by atomic mass is 10.4. The predicted octanol–water partition coefficient (Wildman–Crippen LogP) is 0.0724. The minimum atomic E-state index is -0.721. The number of nitrogens with zero attached hydrogens (tertiary/aromatic N) is 2. The molecule has 0 atom stereocenters. The van der Waals surface area contributed by atoms with Crippen LogP contribution in [0, 0.1) is 18.4 Å². The van der Waals surface area contributed by atoms with Crippen molar-refractivity contribution in [2.45, 2.75) is 6.42 Å². The van der Waals surface area contributed by atoms with Crippen molar-refractivity contribution in [3.8, 4) is 6.19 Å². The van der Waals surface area contributed by atoms with E-state index in [-0.39, 0.29) is 0 Å². The summed E-state index contributed by atoms with van der Waals surface area (Å²) in [6.45, 7) is 3.75. The molecule has 0 rings (SSSR count). The van der Waals surface area contributed by atoms with Crippen molar-refractivity contribution in [2.75, 3.05) is 6.54 Å². The molecule has 2 amide bonds. The molecular weight excluding hydrogens is 118 g/mol. The normalized spacial score (nSPS) is 8.00. The average molecular weight is 126 g/mol. The Bertz CT molecular complexity index is 138. The highest BCUT2D eigenvalue weighted by molar-refractivity contribution is 5.73. The molecule has 0 aliphatic carbocycles. The molecule has 4 nitrogen and oxygen atoms in total. The number of hydrogen-bond donors (Lipinski definition) is 1. The summed E-state index contributed by atoms with van der Waals surface area (Å²) in [6, 6.07) is -0.721. The van der Waals surface area contributed by atoms with Gasteiger partial charge in [-0.3, -0.25) is 0 Å². The quantitative estimate of drug-likeness (QED) is 0.420. The van der Waals surface area contributed by atoms with Crippen molar-refractivity contribution < 1.29 is 4.79 Å². The molecule has 0 heterocycles. The van der Waals surface area contributed by atoms with Gasteiger partial charge in [0.15, 0.2) is 6.19 Å². The molecule has 9 heavy (non-hydrogen) atoms. The molecule has 4 heteroatoms. The first kappa shape index (κ1) is 7.76. The molecule has 0 saturated carbocycles. The Morgan fingerprint density at radius 3 is 2.56 bits per heavy atom. The molecule has 0 saturated heterocycles. The van der Waals surface area contributed by atoms with Crippen molar-refractivity contribution in [3.05, 3.63) is 6.92 Å². The molecule has 0 aliphatic rings. The molecule has 0 aliphatic heterocycles. The smallest absolute Gasteiger partial charge is 0.327 e. The summed E-state index contributed by atoms with van der Waals surface area (Å²) in [5.41, 5.74) is 4.77. The fraction of sp³-hybridized carbons (Fsp3) is 0.400. The molecule has 0 aromatic heterocycles. The minimum absolute atomic E-state index is 0.297. The van der Waals surface area contributed by atoms with Crippen molar-refractivity contribution in [1.82, 2.24) is 4.90 Å². The van der Waals surface area contributed by atoms with Crippen LogP contribution < -0.4 is 5.73 Å². The molecule has 2 N–H and O–H groups in total. The second-order valence-corrected chi connectivity index (χ2v) is 1.44. The zero-order valence-corrected chi connectivity index (χ0v) is 5.00. The van der Waals surface area contributed by atoms with Gasteiger partial charge in [0.1, 0.15) is 0 Å². The van der Waals surface area contributed by atoms with Gasteiger partial charge in [-0.2, -0.15) is 5.26 Å². The third kappa shape index (κ3) is 2.54. The van der Waals surface area contributed by atoms with Crippen molar-refractivity contribution in [1.29, 1.82) is 5.26 Å². The third-order valence-corrected chi connectivity index (χ3v) is 0.768. The van der Waals surface area contributed by atoms with Crippen LogP contribution in [0.3, 0.4) is 0 Å². The number of nitrogens with two attached hydrogens (primary N) is 1. The maximum atomic E-state index is 10.2. The van der Waals surface area contributed by atoms with Gasteiger partial charge in [-0.15, -0.1) is 0 Å². The van der Waals surface area contributed by atoms with E-state index in [0.29, 0.717) is 13.0 Å². The number of hydrogen-bond acceptors (Lipinski definition) is 2. The fourth-order valence-corrected chi connectivity index (χ4v) is 0.368. The number of primary amides is 1. The van der Waals surface area contributed by atoms with Gasteiger partial charge in [0, 0.05) is 6.54 Å². The molecular formula is C5H8N3O. The zero-order valence-electron chi connectivity index (χ0n) is 5.00. The number of rotatable bonds is 2. The van der Waals surface area contributed by atoms with Crippen LogP contribution in [-0.2, 0) is 0 Å². The van der Waals surface area contributed by atoms with Crippen LogP contribution >= 0.6 is 0 Å². The average Bonchev–Trinajstić information content (AvgIpc) is 1.82. The molecule has 49 valence electrons. The Morgan fingerprint density at radius 1 is 1.89 bits per heavy atom. The highest BCUT2D eigenvalue weighted by Gasteiger charge is 2.04. The maximum absolute atomic E-state index is 10.2. The number of carbonyl (C=O) groups excluding carboxylic acids is 1. The summed E-state index contributed by atoms with van der Waals surface area (Å²) in [6.07, 6.45) is 2.12. The van der Waals surface area contributed by atoms with Crippen LogP contribution in [0.15, 0.2) is 0 Å². The Hall–Kier alpha value is -1.24. The number of carbonyl (C=O) groups is 1. The summed E-state index contributed by atoms with van der Waals surface area (Å²) >= 11 is 0. The van der Waals surface area contributed by atoms with E-state index in [9.17, 15) is 4.79 Å². The van der Waals surface area contributed by atoms with E-state index in [1.54, 1.807) is 6.19 Å². The molecule has 0 unspecified atom stereocenters. The second-order valence-electron chi connectivity index (χ2n) is 1.44. The first-order valence-corrected chi connectivity index (χ1v) is 2.48. The van der Waals surface area contributed by atoms with Gasteiger partial charge in [-0.1, -0.05) is 6.92 Å². The summed E-state index contributed by atoms with van der Waals surface area (Å²) in [5, 5.41) is 8.17. The predicted molar refractivity (Wildman–Crippen MR) is 31.9 cm³/mol. The first-order valence-electron chi connectivity index (χ1n) is 2.48. The van der Waals surface area contributed by atoms with Gasteiger partial charge in [0.25, 0.3) is 0 Å². The highest BCUT2D eigenvalue weighted by Crippen LogP contribution is 1.85. The number of amides is 2. The van der Waals surface area contributed by atoms with Crippen LogP contribution in [0.1, 0.15) is 6.42 Å². The van der Waals surface area contributed by atoms with E-state index in [0.717, 1.165) is 4.90 Å². The van der Waals surface area contributed by atoms with Crippen LogP contribution in [0.4, 0.5) is 4.79 Å². The van der Waals surface area contributed by atoms with Crippen LogP contribution in [-0.4, -0.2) is 17.5 Å². The van der Waals surface area contributed by atoms with E-state index in [2.05, 4.69) is 6.92 Å². The standard InChI is InChI=1S/C5H8N3O/c1-2-3-8(4-6)5(7)9/h1-3H2,(H2,7,9). The molecule has 0 bridgehead atoms. The van der Waals surface area contributed by atoms with Crippen molar-refractivity contribution in [2.24, 2.45) is 5.73 Å². The Morgan fingerprint density at radius 2 is 2.44 bits per heavy atom. The van der Waals surface area contributed by atoms with E-state index < -0.39 is 6.03 Å². The van der Waals surface area contributed by atoms with Gasteiger partial charge >= 0.3 is 6.03 Å². The molecule has 0 aromatic rings. The van der Waals surface area contributed by atoms with Gasteiger partial charge in [-0.25, -0.2) is 9.69 Å². The molecule has 1 radical (unpaired) electrons. The lowest BCUT2D eigenvalue weighted by Gasteiger charge is -2.06. The summed E-state index contributed by atoms with van der Waals surface area (Å²) in [4.78, 5) is 11.1. The molecule has 0 spiro atoms. The molecule has 0 fully saturated rings. The summed E-state index contributed by atoms with van der Waals surface area (Å²) in [5.74, 6) is 0. The van der Waals surface area contributed by atoms with E-state index in [1.165, 1.54) is 0 Å². The van der Waals surface area contributed by atoms with Crippen LogP contribution in [0.5, 0.6) is 0 Å². The van der Waals surface area contributed by atoms with E-state index in [4.69, 9.17) is 11.0 Å². The van der Waals surface area contributed by atoms with Gasteiger partial charge in [0.2, 0.25) is 0 Å². The van der Waals surface area contributed by atoms with Gasteiger partial charge < -0.3 is 5.73 Å². The topological polar surface area (TPSA) is 70.1 Å². The zero-order chi connectivity index (χ0) is 7.28. The third-order valence-electron chi connectivity index (χ3n) is 0.768. The van der Waals surface area contributed by atoms with E-state index >= 15 is 0 Å². The number of urea groups is 1. The maximum Gasteiger partial charge on any atom is 0.327 e. The second kappa shape index (κ2) is 3.72. The molecule has 0 aromatic carbocycles. The van der Waals surface area contributed by atoms with Gasteiger partial charge in [0.05, 0.1) is 0 Å². The monoisotopic (exact) mass is 126 g/mol. The van der Waals surface area contributed by atoms with Crippen LogP contribution in [0.25, 0.3) is 0 Å². The summed E-state index contributed by atoms with van der Waals surface area (Å²) < 4.78 is 0. The van der Waals surface area contributed by atoms with Gasteiger partial charge in [-0.05, 0) is 6.42 Å². The summed E-state index contributed by atoms with van der Waals surface area (Å²) in [7, 11) is 0. The Labute approximate surface area is 53.9 Å². The highest BCUT2D eigenvalue weighted by atomic mass is 16.2.